The summed E-state index contributed by atoms with van der Waals surface area (Å²) in [4.78, 5) is 14.1. The van der Waals surface area contributed by atoms with Gasteiger partial charge in [0, 0.05) is 21.7 Å². The van der Waals surface area contributed by atoms with Gasteiger partial charge in [0.05, 0.1) is 18.0 Å². The van der Waals surface area contributed by atoms with Crippen molar-refractivity contribution >= 4 is 62.8 Å². The van der Waals surface area contributed by atoms with E-state index in [0.29, 0.717) is 17.3 Å². The average molecular weight is 502 g/mol. The molecule has 0 radical (unpaired) electrons. The molecule has 1 unspecified atom stereocenters. The van der Waals surface area contributed by atoms with Crippen LogP contribution < -0.4 is 20.7 Å². The van der Waals surface area contributed by atoms with Gasteiger partial charge >= 0.3 is 0 Å². The van der Waals surface area contributed by atoms with Gasteiger partial charge in [0.2, 0.25) is 5.91 Å². The SMILES string of the molecule is CCC(Sc1cccc(NC(=S)Nc2ccccc2OC)c1)C(=O)Nc1cccc2ccccc12. The monoisotopic (exact) mass is 501 g/mol. The molecule has 0 aliphatic heterocycles. The second-order valence-corrected chi connectivity index (χ2v) is 9.52. The lowest BCUT2D eigenvalue weighted by Gasteiger charge is -2.17. The van der Waals surface area contributed by atoms with Crippen LogP contribution in [0.4, 0.5) is 17.1 Å². The van der Waals surface area contributed by atoms with Crippen molar-refractivity contribution in [3.63, 3.8) is 0 Å². The first-order chi connectivity index (χ1) is 17.1. The van der Waals surface area contributed by atoms with Gasteiger partial charge in [0.1, 0.15) is 5.75 Å². The van der Waals surface area contributed by atoms with Crippen molar-refractivity contribution in [3.05, 3.63) is 91.0 Å². The molecular weight excluding hydrogens is 474 g/mol. The molecule has 1 amide bonds. The van der Waals surface area contributed by atoms with Crippen LogP contribution in [0.2, 0.25) is 0 Å². The Bertz CT molecular complexity index is 1340. The number of methoxy groups -OCH3 is 1. The molecule has 0 heterocycles. The summed E-state index contributed by atoms with van der Waals surface area (Å²) in [6, 6.07) is 29.5. The summed E-state index contributed by atoms with van der Waals surface area (Å²) in [5, 5.41) is 11.9. The second kappa shape index (κ2) is 11.7. The van der Waals surface area contributed by atoms with Crippen molar-refractivity contribution in [1.82, 2.24) is 0 Å². The number of benzene rings is 4. The standard InChI is InChI=1S/C28H27N3O2S2/c1-3-26(27(32)30-23-16-8-11-19-10-4-5-14-22(19)23)35-21-13-9-12-20(18-21)29-28(34)31-24-15-6-7-17-25(24)33-2/h4-18,26H,3H2,1-2H3,(H,30,32)(H2,29,31,34). The van der Waals surface area contributed by atoms with E-state index < -0.39 is 0 Å². The van der Waals surface area contributed by atoms with Gasteiger partial charge in [-0.05, 0) is 60.4 Å². The van der Waals surface area contributed by atoms with Gasteiger partial charge in [-0.15, -0.1) is 11.8 Å². The highest BCUT2D eigenvalue weighted by Crippen LogP contribution is 2.30. The Balaban J connectivity index is 1.41. The van der Waals surface area contributed by atoms with Crippen LogP contribution >= 0.6 is 24.0 Å². The quantitative estimate of drug-likeness (QED) is 0.176. The molecule has 0 saturated heterocycles. The van der Waals surface area contributed by atoms with Crippen molar-refractivity contribution in [1.29, 1.82) is 0 Å². The second-order valence-electron chi connectivity index (χ2n) is 7.84. The number of thiocarbonyl (C=S) groups is 1. The minimum atomic E-state index is -0.233. The van der Waals surface area contributed by atoms with Crippen LogP contribution in [0.5, 0.6) is 5.75 Å². The lowest BCUT2D eigenvalue weighted by molar-refractivity contribution is -0.115. The van der Waals surface area contributed by atoms with Crippen LogP contribution in [-0.2, 0) is 4.79 Å². The molecule has 0 fully saturated rings. The van der Waals surface area contributed by atoms with E-state index in [9.17, 15) is 4.79 Å². The third-order valence-corrected chi connectivity index (χ3v) is 7.00. The van der Waals surface area contributed by atoms with Crippen molar-refractivity contribution in [2.45, 2.75) is 23.5 Å². The van der Waals surface area contributed by atoms with Gasteiger partial charge in [-0.2, -0.15) is 0 Å². The van der Waals surface area contributed by atoms with E-state index in [0.717, 1.165) is 32.7 Å². The van der Waals surface area contributed by atoms with Crippen LogP contribution in [0.3, 0.4) is 0 Å². The zero-order chi connectivity index (χ0) is 24.6. The van der Waals surface area contributed by atoms with Gasteiger partial charge < -0.3 is 20.7 Å². The molecule has 178 valence electrons. The summed E-state index contributed by atoms with van der Waals surface area (Å²) in [5.74, 6) is 0.699. The number of thioether (sulfide) groups is 1. The van der Waals surface area contributed by atoms with E-state index in [-0.39, 0.29) is 11.2 Å². The normalized spacial score (nSPS) is 11.5. The Hall–Kier alpha value is -3.55. The number of nitrogens with one attached hydrogen (secondary N) is 3. The fourth-order valence-corrected chi connectivity index (χ4v) is 4.95. The summed E-state index contributed by atoms with van der Waals surface area (Å²) < 4.78 is 5.37. The summed E-state index contributed by atoms with van der Waals surface area (Å²) in [7, 11) is 1.62. The van der Waals surface area contributed by atoms with Crippen molar-refractivity contribution in [2.75, 3.05) is 23.1 Å². The number of fused-ring (bicyclic) bond motifs is 1. The number of anilines is 3. The molecule has 5 nitrogen and oxygen atoms in total. The van der Waals surface area contributed by atoms with Gasteiger partial charge in [0.15, 0.2) is 5.11 Å². The van der Waals surface area contributed by atoms with E-state index in [4.69, 9.17) is 17.0 Å². The molecule has 3 N–H and O–H groups in total. The predicted molar refractivity (Wildman–Crippen MR) is 152 cm³/mol. The maximum Gasteiger partial charge on any atom is 0.237 e. The molecule has 4 rings (SSSR count). The first kappa shape index (κ1) is 24.6. The number of para-hydroxylation sites is 2. The zero-order valence-electron chi connectivity index (χ0n) is 19.6. The Morgan fingerprint density at radius 2 is 1.60 bits per heavy atom. The first-order valence-corrected chi connectivity index (χ1v) is 12.6. The Kier molecular flexibility index (Phi) is 8.23. The van der Waals surface area contributed by atoms with Crippen LogP contribution in [-0.4, -0.2) is 23.4 Å². The van der Waals surface area contributed by atoms with Crippen LogP contribution in [0.25, 0.3) is 10.8 Å². The minimum Gasteiger partial charge on any atom is -0.495 e. The lowest BCUT2D eigenvalue weighted by Crippen LogP contribution is -2.24. The van der Waals surface area contributed by atoms with Gasteiger partial charge in [-0.3, -0.25) is 4.79 Å². The number of carbonyl (C=O) groups is 1. The van der Waals surface area contributed by atoms with Gasteiger partial charge in [0.25, 0.3) is 0 Å². The third kappa shape index (κ3) is 6.32. The average Bonchev–Trinajstić information content (AvgIpc) is 2.88. The van der Waals surface area contributed by atoms with E-state index in [1.807, 2.05) is 97.9 Å². The fraction of sp³-hybridized carbons (Fsp3) is 0.143. The van der Waals surface area contributed by atoms with Gasteiger partial charge in [-0.25, -0.2) is 0 Å². The molecule has 0 bridgehead atoms. The Labute approximate surface area is 215 Å². The van der Waals surface area contributed by atoms with Crippen LogP contribution in [0.1, 0.15) is 13.3 Å². The van der Waals surface area contributed by atoms with Crippen molar-refractivity contribution in [2.24, 2.45) is 0 Å². The lowest BCUT2D eigenvalue weighted by atomic mass is 10.1. The smallest absolute Gasteiger partial charge is 0.237 e. The highest BCUT2D eigenvalue weighted by Gasteiger charge is 2.19. The third-order valence-electron chi connectivity index (χ3n) is 5.44. The molecule has 1 atom stereocenters. The zero-order valence-corrected chi connectivity index (χ0v) is 21.2. The van der Waals surface area contributed by atoms with Crippen LogP contribution in [0, 0.1) is 0 Å². The van der Waals surface area contributed by atoms with E-state index in [1.165, 1.54) is 11.8 Å². The topological polar surface area (TPSA) is 62.4 Å². The molecule has 0 aliphatic rings. The summed E-state index contributed by atoms with van der Waals surface area (Å²) in [6.07, 6.45) is 0.701. The van der Waals surface area contributed by atoms with Gasteiger partial charge in [-0.1, -0.05) is 61.5 Å². The highest BCUT2D eigenvalue weighted by atomic mass is 32.2. The van der Waals surface area contributed by atoms with E-state index >= 15 is 0 Å². The van der Waals surface area contributed by atoms with Crippen LogP contribution in [0.15, 0.2) is 95.9 Å². The number of rotatable bonds is 8. The fourth-order valence-electron chi connectivity index (χ4n) is 3.71. The summed E-state index contributed by atoms with van der Waals surface area (Å²) in [5.41, 5.74) is 2.45. The molecule has 7 heteroatoms. The maximum atomic E-state index is 13.1. The molecular formula is C28H27N3O2S2. The predicted octanol–water partition coefficient (Wildman–Crippen LogP) is 7.17. The summed E-state index contributed by atoms with van der Waals surface area (Å²) >= 11 is 7.02. The van der Waals surface area contributed by atoms with E-state index in [1.54, 1.807) is 7.11 Å². The van der Waals surface area contributed by atoms with Crippen molar-refractivity contribution in [3.8, 4) is 5.75 Å². The number of hydrogen-bond donors (Lipinski definition) is 3. The molecule has 0 aromatic heterocycles. The molecule has 0 spiro atoms. The van der Waals surface area contributed by atoms with Crippen molar-refractivity contribution < 1.29 is 9.53 Å². The van der Waals surface area contributed by atoms with E-state index in [2.05, 4.69) is 16.0 Å². The maximum absolute atomic E-state index is 13.1. The summed E-state index contributed by atoms with van der Waals surface area (Å²) in [6.45, 7) is 2.02. The first-order valence-electron chi connectivity index (χ1n) is 11.3. The Morgan fingerprint density at radius 1 is 0.886 bits per heavy atom. The molecule has 35 heavy (non-hydrogen) atoms. The number of amides is 1. The Morgan fingerprint density at radius 3 is 2.43 bits per heavy atom. The minimum absolute atomic E-state index is 0.0134. The number of ether oxygens (including phenoxy) is 1. The molecule has 0 saturated carbocycles. The highest BCUT2D eigenvalue weighted by molar-refractivity contribution is 8.00. The largest absolute Gasteiger partial charge is 0.495 e. The molecule has 0 aliphatic carbocycles. The number of carbonyl (C=O) groups excluding carboxylic acids is 1. The molecule has 4 aromatic carbocycles. The number of hydrogen-bond acceptors (Lipinski definition) is 4. The molecule has 4 aromatic rings.